The summed E-state index contributed by atoms with van der Waals surface area (Å²) in [5, 5.41) is 2.42. The second-order valence-electron chi connectivity index (χ2n) is 4.30. The molecule has 8 heteroatoms. The van der Waals surface area contributed by atoms with Crippen molar-refractivity contribution in [1.29, 1.82) is 0 Å². The largest absolute Gasteiger partial charge is 0.497 e. The van der Waals surface area contributed by atoms with E-state index in [0.29, 0.717) is 0 Å². The highest BCUT2D eigenvalue weighted by molar-refractivity contribution is 7.79. The number of fused-ring (bicyclic) bond motifs is 3. The molecule has 0 bridgehead atoms. The van der Waals surface area contributed by atoms with Gasteiger partial charge in [0.2, 0.25) is 0 Å². The molecule has 3 N–H and O–H groups in total. The van der Waals surface area contributed by atoms with Crippen molar-refractivity contribution in [2.75, 3.05) is 7.11 Å². The molecule has 0 unspecified atom stereocenters. The molecule has 1 aromatic carbocycles. The molecular formula is C13H14N2O5S. The van der Waals surface area contributed by atoms with Crippen LogP contribution in [0.25, 0.3) is 21.8 Å². The standard InChI is InChI=1S/C13H12N2O.H2O4S/c1-8-13-11(5-6-14-8)10-4-3-9(16-2)7-12(10)15-13;1-5(2,3)4/h3-7,15H,1-2H3;(H2,1,2,3,4). The Bertz CT molecular complexity index is 878. The van der Waals surface area contributed by atoms with Crippen LogP contribution < -0.4 is 4.74 Å². The lowest BCUT2D eigenvalue weighted by molar-refractivity contribution is 0.381. The van der Waals surface area contributed by atoms with E-state index in [1.165, 1.54) is 10.8 Å². The van der Waals surface area contributed by atoms with Crippen LogP contribution in [0.3, 0.4) is 0 Å². The monoisotopic (exact) mass is 310 g/mol. The third-order valence-electron chi connectivity index (χ3n) is 2.92. The first-order valence-electron chi connectivity index (χ1n) is 5.90. The Kier molecular flexibility index (Phi) is 4.12. The van der Waals surface area contributed by atoms with Gasteiger partial charge in [-0.15, -0.1) is 0 Å². The minimum absolute atomic E-state index is 0.865. The van der Waals surface area contributed by atoms with Crippen LogP contribution >= 0.6 is 0 Å². The van der Waals surface area contributed by atoms with Crippen molar-refractivity contribution in [1.82, 2.24) is 9.97 Å². The molecule has 0 fully saturated rings. The number of hydrogen-bond acceptors (Lipinski definition) is 4. The van der Waals surface area contributed by atoms with Crippen molar-refractivity contribution >= 4 is 32.2 Å². The molecule has 21 heavy (non-hydrogen) atoms. The van der Waals surface area contributed by atoms with Crippen molar-refractivity contribution in [3.8, 4) is 5.75 Å². The molecule has 0 amide bonds. The molecule has 0 saturated carbocycles. The number of aryl methyl sites for hydroxylation is 1. The molecule has 7 nitrogen and oxygen atoms in total. The molecule has 2 heterocycles. The maximum Gasteiger partial charge on any atom is 0.394 e. The normalized spacial score (nSPS) is 11.2. The Morgan fingerprint density at radius 3 is 2.48 bits per heavy atom. The molecule has 112 valence electrons. The van der Waals surface area contributed by atoms with Gasteiger partial charge in [-0.05, 0) is 25.1 Å². The van der Waals surface area contributed by atoms with Gasteiger partial charge in [-0.25, -0.2) is 0 Å². The van der Waals surface area contributed by atoms with Crippen LogP contribution in [0.2, 0.25) is 0 Å². The number of aromatic amines is 1. The second kappa shape index (κ2) is 5.68. The number of ether oxygens (including phenoxy) is 1. The number of methoxy groups -OCH3 is 1. The molecule has 0 atom stereocenters. The lowest BCUT2D eigenvalue weighted by Crippen LogP contribution is -1.89. The van der Waals surface area contributed by atoms with E-state index in [1.54, 1.807) is 7.11 Å². The molecule has 2 aromatic heterocycles. The number of aromatic nitrogens is 2. The molecule has 3 rings (SSSR count). The van der Waals surface area contributed by atoms with Gasteiger partial charge in [0.1, 0.15) is 5.75 Å². The van der Waals surface area contributed by atoms with Crippen LogP contribution in [-0.2, 0) is 10.4 Å². The lowest BCUT2D eigenvalue weighted by Gasteiger charge is -1.98. The number of benzene rings is 1. The van der Waals surface area contributed by atoms with E-state index in [2.05, 4.69) is 16.0 Å². The number of nitrogens with one attached hydrogen (secondary N) is 1. The van der Waals surface area contributed by atoms with Gasteiger partial charge < -0.3 is 9.72 Å². The zero-order valence-corrected chi connectivity index (χ0v) is 12.2. The summed E-state index contributed by atoms with van der Waals surface area (Å²) in [6, 6.07) is 8.10. The number of nitrogens with zero attached hydrogens (tertiary/aromatic N) is 1. The van der Waals surface area contributed by atoms with E-state index in [9.17, 15) is 0 Å². The molecule has 0 aliphatic rings. The van der Waals surface area contributed by atoms with Crippen LogP contribution in [0.5, 0.6) is 5.75 Å². The van der Waals surface area contributed by atoms with Crippen molar-refractivity contribution in [2.45, 2.75) is 6.92 Å². The van der Waals surface area contributed by atoms with Gasteiger partial charge in [0.15, 0.2) is 0 Å². The molecule has 0 spiro atoms. The first-order valence-corrected chi connectivity index (χ1v) is 7.30. The van der Waals surface area contributed by atoms with Gasteiger partial charge in [-0.2, -0.15) is 8.42 Å². The van der Waals surface area contributed by atoms with Crippen LogP contribution in [0.4, 0.5) is 0 Å². The van der Waals surface area contributed by atoms with E-state index < -0.39 is 10.4 Å². The van der Waals surface area contributed by atoms with Crippen molar-refractivity contribution in [2.24, 2.45) is 0 Å². The topological polar surface area (TPSA) is 113 Å². The molecule has 0 aliphatic carbocycles. The summed E-state index contributed by atoms with van der Waals surface area (Å²) >= 11 is 0. The fourth-order valence-electron chi connectivity index (χ4n) is 2.07. The zero-order valence-electron chi connectivity index (χ0n) is 11.4. The van der Waals surface area contributed by atoms with E-state index in [0.717, 1.165) is 22.5 Å². The maximum absolute atomic E-state index is 8.74. The molecule has 0 aliphatic heterocycles. The summed E-state index contributed by atoms with van der Waals surface area (Å²) in [6.07, 6.45) is 1.84. The highest BCUT2D eigenvalue weighted by Gasteiger charge is 2.06. The molecule has 0 radical (unpaired) electrons. The van der Waals surface area contributed by atoms with Crippen LogP contribution in [-0.4, -0.2) is 34.6 Å². The molecule has 0 saturated heterocycles. The Labute approximate surface area is 121 Å². The highest BCUT2D eigenvalue weighted by atomic mass is 32.3. The number of hydrogen-bond donors (Lipinski definition) is 3. The van der Waals surface area contributed by atoms with Crippen molar-refractivity contribution in [3.63, 3.8) is 0 Å². The van der Waals surface area contributed by atoms with E-state index >= 15 is 0 Å². The van der Waals surface area contributed by atoms with Crippen LogP contribution in [0.15, 0.2) is 30.5 Å². The summed E-state index contributed by atoms with van der Waals surface area (Å²) in [4.78, 5) is 7.66. The number of rotatable bonds is 1. The average molecular weight is 310 g/mol. The Balaban J connectivity index is 0.000000282. The van der Waals surface area contributed by atoms with Gasteiger partial charge in [0, 0.05) is 23.0 Å². The van der Waals surface area contributed by atoms with Crippen molar-refractivity contribution < 1.29 is 22.3 Å². The summed E-state index contributed by atoms with van der Waals surface area (Å²) in [5.41, 5.74) is 3.21. The first kappa shape index (κ1) is 15.2. The quantitative estimate of drug-likeness (QED) is 0.595. The van der Waals surface area contributed by atoms with Gasteiger partial charge in [0.05, 0.1) is 23.8 Å². The Hall–Kier alpha value is -2.16. The number of pyridine rings is 1. The van der Waals surface area contributed by atoms with Crippen LogP contribution in [0.1, 0.15) is 5.69 Å². The van der Waals surface area contributed by atoms with Gasteiger partial charge in [-0.3, -0.25) is 14.1 Å². The summed E-state index contributed by atoms with van der Waals surface area (Å²) < 4.78 is 36.8. The third kappa shape index (κ3) is 3.69. The lowest BCUT2D eigenvalue weighted by atomic mass is 10.1. The first-order chi connectivity index (χ1) is 9.79. The van der Waals surface area contributed by atoms with E-state index in [-0.39, 0.29) is 0 Å². The molecule has 3 aromatic rings. The predicted molar refractivity (Wildman–Crippen MR) is 79.1 cm³/mol. The summed E-state index contributed by atoms with van der Waals surface area (Å²) in [7, 11) is -2.99. The minimum Gasteiger partial charge on any atom is -0.497 e. The maximum atomic E-state index is 8.74. The fourth-order valence-corrected chi connectivity index (χ4v) is 2.07. The third-order valence-corrected chi connectivity index (χ3v) is 2.92. The smallest absolute Gasteiger partial charge is 0.394 e. The van der Waals surface area contributed by atoms with Gasteiger partial charge >= 0.3 is 10.4 Å². The zero-order chi connectivity index (χ0) is 15.6. The second-order valence-corrected chi connectivity index (χ2v) is 5.20. The summed E-state index contributed by atoms with van der Waals surface area (Å²) in [6.45, 7) is 2.01. The SMILES string of the molecule is COc1ccc2c(c1)[nH]c1c(C)nccc12.O=S(=O)(O)O. The van der Waals surface area contributed by atoms with Gasteiger partial charge in [0.25, 0.3) is 0 Å². The van der Waals surface area contributed by atoms with Crippen molar-refractivity contribution in [3.05, 3.63) is 36.2 Å². The molecular weight excluding hydrogens is 296 g/mol. The van der Waals surface area contributed by atoms with Crippen LogP contribution in [0, 0.1) is 6.92 Å². The van der Waals surface area contributed by atoms with E-state index in [1.807, 2.05) is 31.3 Å². The minimum atomic E-state index is -4.67. The van der Waals surface area contributed by atoms with Gasteiger partial charge in [-0.1, -0.05) is 0 Å². The number of H-pyrrole nitrogens is 1. The highest BCUT2D eigenvalue weighted by Crippen LogP contribution is 2.28. The Morgan fingerprint density at radius 1 is 1.19 bits per heavy atom. The summed E-state index contributed by atoms with van der Waals surface area (Å²) in [5.74, 6) is 0.865. The average Bonchev–Trinajstić information content (AvgIpc) is 2.76. The predicted octanol–water partition coefficient (Wildman–Crippen LogP) is 2.38. The van der Waals surface area contributed by atoms with E-state index in [4.69, 9.17) is 22.3 Å². The fraction of sp³-hybridized carbons (Fsp3) is 0.154. The Morgan fingerprint density at radius 2 is 1.86 bits per heavy atom.